The largest absolute Gasteiger partial charge is 0.487 e. The third-order valence-corrected chi connectivity index (χ3v) is 9.42. The molecule has 196 valence electrons. The highest BCUT2D eigenvalue weighted by atomic mass is 32.2. The van der Waals surface area contributed by atoms with Gasteiger partial charge >= 0.3 is 0 Å². The van der Waals surface area contributed by atoms with E-state index >= 15 is 0 Å². The van der Waals surface area contributed by atoms with Gasteiger partial charge in [-0.05, 0) is 74.5 Å². The Hall–Kier alpha value is -2.71. The molecule has 0 spiro atoms. The molecule has 4 aliphatic rings. The van der Waals surface area contributed by atoms with Gasteiger partial charge in [0.2, 0.25) is 5.91 Å². The van der Waals surface area contributed by atoms with Crippen molar-refractivity contribution in [2.24, 2.45) is 0 Å². The minimum Gasteiger partial charge on any atom is -0.487 e. The topological polar surface area (TPSA) is 60.9 Å². The average Bonchev–Trinajstić information content (AvgIpc) is 3.16. The van der Waals surface area contributed by atoms with Gasteiger partial charge in [0.25, 0.3) is 0 Å². The first kappa shape index (κ1) is 24.6. The van der Waals surface area contributed by atoms with E-state index in [1.165, 1.54) is 28.8 Å². The minimum atomic E-state index is 0.0672. The van der Waals surface area contributed by atoms with E-state index in [1.807, 2.05) is 22.9 Å². The number of hydrogen-bond acceptors (Lipinski definition) is 7. The van der Waals surface area contributed by atoms with E-state index in [0.717, 1.165) is 87.8 Å². The van der Waals surface area contributed by atoms with Gasteiger partial charge in [-0.2, -0.15) is 11.8 Å². The maximum absolute atomic E-state index is 11.9. The van der Waals surface area contributed by atoms with Crippen LogP contribution >= 0.6 is 11.8 Å². The zero-order valence-electron chi connectivity index (χ0n) is 21.5. The van der Waals surface area contributed by atoms with Crippen LogP contribution < -0.4 is 15.0 Å². The Morgan fingerprint density at radius 2 is 1.84 bits per heavy atom. The summed E-state index contributed by atoms with van der Waals surface area (Å²) in [5, 5.41) is 3.62. The summed E-state index contributed by atoms with van der Waals surface area (Å²) in [6.45, 7) is 10.2. The van der Waals surface area contributed by atoms with Gasteiger partial charge in [0.05, 0.1) is 11.3 Å². The van der Waals surface area contributed by atoms with Gasteiger partial charge in [0.1, 0.15) is 18.2 Å². The van der Waals surface area contributed by atoms with Gasteiger partial charge < -0.3 is 24.8 Å². The summed E-state index contributed by atoms with van der Waals surface area (Å²) >= 11 is 2.03. The maximum Gasteiger partial charge on any atom is 0.245 e. The Balaban J connectivity index is 1.11. The molecule has 1 N–H and O–H groups in total. The molecule has 4 aliphatic heterocycles. The first-order valence-corrected chi connectivity index (χ1v) is 14.8. The fraction of sp³-hybridized carbons (Fsp3) is 0.517. The van der Waals surface area contributed by atoms with Crippen molar-refractivity contribution in [3.05, 3.63) is 54.2 Å². The Bertz CT molecular complexity index is 1140. The number of anilines is 3. The molecule has 0 atom stereocenters. The van der Waals surface area contributed by atoms with Gasteiger partial charge in [0, 0.05) is 55.6 Å². The zero-order chi connectivity index (χ0) is 25.2. The summed E-state index contributed by atoms with van der Waals surface area (Å²) in [5.74, 6) is 4.78. The lowest BCUT2D eigenvalue weighted by atomic mass is 9.87. The van der Waals surface area contributed by atoms with E-state index in [-0.39, 0.29) is 5.91 Å². The summed E-state index contributed by atoms with van der Waals surface area (Å²) in [7, 11) is 0. The highest BCUT2D eigenvalue weighted by Gasteiger charge is 2.30. The van der Waals surface area contributed by atoms with E-state index in [0.29, 0.717) is 18.6 Å². The molecule has 3 fully saturated rings. The second-order valence-electron chi connectivity index (χ2n) is 10.5. The lowest BCUT2D eigenvalue weighted by Gasteiger charge is -2.41. The number of thioether (sulfide) groups is 1. The average molecular weight is 520 g/mol. The smallest absolute Gasteiger partial charge is 0.245 e. The molecule has 0 bridgehead atoms. The molecule has 0 aliphatic carbocycles. The molecule has 8 heteroatoms. The first-order chi connectivity index (χ1) is 18.2. The van der Waals surface area contributed by atoms with Crippen LogP contribution in [0.5, 0.6) is 5.75 Å². The number of fused-ring (bicyclic) bond motifs is 2. The number of carbonyl (C=O) groups excluding carboxylic acids is 1. The van der Waals surface area contributed by atoms with Crippen molar-refractivity contribution in [1.29, 1.82) is 0 Å². The maximum atomic E-state index is 11.9. The van der Waals surface area contributed by atoms with E-state index in [9.17, 15) is 4.79 Å². The Labute approximate surface area is 224 Å². The van der Waals surface area contributed by atoms with Crippen LogP contribution in [0.3, 0.4) is 0 Å². The third-order valence-electron chi connectivity index (χ3n) is 8.48. The second kappa shape index (κ2) is 11.0. The van der Waals surface area contributed by atoms with Crippen molar-refractivity contribution in [3.63, 3.8) is 0 Å². The summed E-state index contributed by atoms with van der Waals surface area (Å²) in [6.07, 6.45) is 7.82. The number of benzene rings is 1. The van der Waals surface area contributed by atoms with Gasteiger partial charge in [-0.1, -0.05) is 12.6 Å². The Morgan fingerprint density at radius 3 is 2.59 bits per heavy atom. The lowest BCUT2D eigenvalue weighted by molar-refractivity contribution is -0.127. The molecule has 1 aromatic carbocycles. The summed E-state index contributed by atoms with van der Waals surface area (Å²) in [4.78, 5) is 23.7. The molecule has 0 unspecified atom stereocenters. The molecule has 3 saturated heterocycles. The molecule has 6 rings (SSSR count). The van der Waals surface area contributed by atoms with Crippen LogP contribution in [-0.4, -0.2) is 77.5 Å². The Morgan fingerprint density at radius 1 is 1.05 bits per heavy atom. The normalized spacial score (nSPS) is 21.3. The quantitative estimate of drug-likeness (QED) is 0.591. The monoisotopic (exact) mass is 519 g/mol. The minimum absolute atomic E-state index is 0.0672. The van der Waals surface area contributed by atoms with E-state index in [4.69, 9.17) is 9.72 Å². The zero-order valence-corrected chi connectivity index (χ0v) is 22.3. The molecular formula is C29H37N5O2S. The van der Waals surface area contributed by atoms with Crippen LogP contribution in [0.2, 0.25) is 0 Å². The van der Waals surface area contributed by atoms with Crippen molar-refractivity contribution in [2.75, 3.05) is 61.0 Å². The predicted octanol–water partition coefficient (Wildman–Crippen LogP) is 4.63. The van der Waals surface area contributed by atoms with Crippen molar-refractivity contribution < 1.29 is 9.53 Å². The van der Waals surface area contributed by atoms with Crippen LogP contribution in [0.15, 0.2) is 43.1 Å². The number of nitrogens with one attached hydrogen (secondary N) is 1. The molecule has 7 nitrogen and oxygen atoms in total. The molecule has 37 heavy (non-hydrogen) atoms. The highest BCUT2D eigenvalue weighted by Crippen LogP contribution is 2.40. The summed E-state index contributed by atoms with van der Waals surface area (Å²) in [5.41, 5.74) is 4.81. The van der Waals surface area contributed by atoms with Crippen LogP contribution in [0, 0.1) is 0 Å². The molecule has 2 aromatic rings. The number of aromatic nitrogens is 1. The summed E-state index contributed by atoms with van der Waals surface area (Å²) in [6, 6.07) is 9.41. The predicted molar refractivity (Wildman–Crippen MR) is 151 cm³/mol. The first-order valence-electron chi connectivity index (χ1n) is 13.7. The highest BCUT2D eigenvalue weighted by molar-refractivity contribution is 7.99. The van der Waals surface area contributed by atoms with Crippen LogP contribution in [0.1, 0.15) is 42.7 Å². The molecular weight excluding hydrogens is 482 g/mol. The Kier molecular flexibility index (Phi) is 7.29. The molecule has 5 heterocycles. The van der Waals surface area contributed by atoms with Crippen molar-refractivity contribution in [1.82, 2.24) is 14.8 Å². The molecule has 1 amide bonds. The van der Waals surface area contributed by atoms with Crippen molar-refractivity contribution in [2.45, 2.75) is 44.2 Å². The van der Waals surface area contributed by atoms with Gasteiger partial charge in [-0.15, -0.1) is 0 Å². The number of hydrogen-bond donors (Lipinski definition) is 1. The van der Waals surface area contributed by atoms with E-state index < -0.39 is 0 Å². The number of rotatable bonds is 4. The fourth-order valence-electron chi connectivity index (χ4n) is 6.31. The van der Waals surface area contributed by atoms with E-state index in [1.54, 1.807) is 0 Å². The third kappa shape index (κ3) is 5.18. The number of carbonyl (C=O) groups is 1. The van der Waals surface area contributed by atoms with Crippen LogP contribution in [-0.2, 0) is 11.4 Å². The molecule has 0 saturated carbocycles. The summed E-state index contributed by atoms with van der Waals surface area (Å²) < 4.78 is 6.30. The number of amides is 1. The van der Waals surface area contributed by atoms with Gasteiger partial charge in [-0.3, -0.25) is 4.79 Å². The van der Waals surface area contributed by atoms with Crippen molar-refractivity contribution >= 4 is 34.9 Å². The SMILES string of the molecule is C=CC(=O)N1CCC(N2CCC(c3ccc4c(c3)Nc3nccc(N5CCSCC5)c3CO4)CC2)CC1. The van der Waals surface area contributed by atoms with Gasteiger partial charge in [-0.25, -0.2) is 4.98 Å². The standard InChI is InChI=1S/C29H37N5O2S/c1-2-28(35)34-13-8-23(9-14-34)32-11-6-21(7-12-32)22-3-4-27-25(19-22)31-29-24(20-36-27)26(5-10-30-29)33-15-17-37-18-16-33/h2-5,10,19,21,23H,1,6-9,11-18,20H2,(H,30,31). The lowest BCUT2D eigenvalue weighted by Crippen LogP contribution is -2.48. The number of piperidine rings is 2. The van der Waals surface area contributed by atoms with Gasteiger partial charge in [0.15, 0.2) is 0 Å². The number of likely N-dealkylation sites (tertiary alicyclic amines) is 2. The van der Waals surface area contributed by atoms with E-state index in [2.05, 4.69) is 46.0 Å². The fourth-order valence-corrected chi connectivity index (χ4v) is 7.22. The molecule has 1 aromatic heterocycles. The van der Waals surface area contributed by atoms with Crippen molar-refractivity contribution in [3.8, 4) is 5.75 Å². The number of nitrogens with zero attached hydrogens (tertiary/aromatic N) is 4. The molecule has 0 radical (unpaired) electrons. The van der Waals surface area contributed by atoms with Crippen LogP contribution in [0.25, 0.3) is 0 Å². The number of pyridine rings is 1. The second-order valence-corrected chi connectivity index (χ2v) is 11.7. The number of ether oxygens (including phenoxy) is 1. The van der Waals surface area contributed by atoms with Crippen LogP contribution in [0.4, 0.5) is 17.2 Å².